The van der Waals surface area contributed by atoms with Crippen LogP contribution in [0.2, 0.25) is 0 Å². The zero-order valence-corrected chi connectivity index (χ0v) is 26.4. The molecule has 208 valence electrons. The van der Waals surface area contributed by atoms with Gasteiger partial charge in [0.05, 0.1) is 47.8 Å². The number of hydrazone groups is 3. The van der Waals surface area contributed by atoms with Crippen molar-refractivity contribution in [3.05, 3.63) is 85.3 Å². The van der Waals surface area contributed by atoms with Gasteiger partial charge in [0.25, 0.3) is 6.49 Å². The van der Waals surface area contributed by atoms with Crippen LogP contribution in [-0.2, 0) is 39.1 Å². The number of aromatic nitrogens is 6. The Morgan fingerprint density at radius 3 is 1.15 bits per heavy atom. The van der Waals surface area contributed by atoms with E-state index in [2.05, 4.69) is 45.2 Å². The summed E-state index contributed by atoms with van der Waals surface area (Å²) in [5, 5.41) is 42.9. The number of hydrogen-bond donors (Lipinski definition) is 3. The van der Waals surface area contributed by atoms with Crippen molar-refractivity contribution in [2.45, 2.75) is 0 Å². The Hall–Kier alpha value is -4.03. The van der Waals surface area contributed by atoms with E-state index in [1.165, 1.54) is 0 Å². The van der Waals surface area contributed by atoms with Gasteiger partial charge in [-0.3, -0.25) is 0 Å². The molecule has 3 aromatic rings. The number of nitrogens with zero attached hydrogens (tertiary/aromatic N) is 11. The van der Waals surface area contributed by atoms with Crippen LogP contribution < -0.4 is 0 Å². The molecule has 0 radical (unpaired) electrons. The van der Waals surface area contributed by atoms with E-state index in [0.29, 0.717) is 17.1 Å². The average molecular weight is 687 g/mol. The first-order valence-corrected chi connectivity index (χ1v) is 12.2. The number of aromatic amines is 3. The van der Waals surface area contributed by atoms with E-state index in [-0.39, 0.29) is 32.8 Å². The molecule has 0 unspecified atom stereocenters. The van der Waals surface area contributed by atoms with Crippen LogP contribution in [0.5, 0.6) is 0 Å². The second-order valence-corrected chi connectivity index (χ2v) is 10.4. The number of H-pyrrole nitrogens is 3. The van der Waals surface area contributed by atoms with Crippen molar-refractivity contribution in [3.8, 4) is 0 Å². The van der Waals surface area contributed by atoms with E-state index < -0.39 is 16.7 Å². The Morgan fingerprint density at radius 1 is 0.744 bits per heavy atom. The minimum atomic E-state index is -2.72. The van der Waals surface area contributed by atoms with Gasteiger partial charge in [0.1, 0.15) is 17.1 Å². The molecule has 24 heteroatoms. The van der Waals surface area contributed by atoms with Crippen molar-refractivity contribution < 1.29 is 42.9 Å². The fourth-order valence-corrected chi connectivity index (χ4v) is 4.28. The summed E-state index contributed by atoms with van der Waals surface area (Å²) < 4.78 is 5.00. The number of imidazole rings is 3. The van der Waals surface area contributed by atoms with Gasteiger partial charge in [-0.25, -0.2) is 29.3 Å². The summed E-state index contributed by atoms with van der Waals surface area (Å²) in [6.45, 7) is -2.72. The van der Waals surface area contributed by atoms with Crippen LogP contribution in [0.1, 0.15) is 17.1 Å². The molecule has 21 nitrogen and oxygen atoms in total. The first-order chi connectivity index (χ1) is 17.5. The van der Waals surface area contributed by atoms with E-state index in [0.717, 1.165) is 0 Å². The van der Waals surface area contributed by atoms with Gasteiger partial charge in [-0.15, -0.1) is 0 Å². The Bertz CT molecular complexity index is 1060. The van der Waals surface area contributed by atoms with E-state index >= 15 is 0 Å². The molecule has 0 saturated carbocycles. The first-order valence-electron chi connectivity index (χ1n) is 9.50. The SMILES string of the molecule is CN(/N=C/c1c[nH]cn1)P(=S)(N(C)/N=C/c1c[nH]cn1)N(C)/N=C/c1c[nH]cn1.O.O=[N+]([O-])[O-].O=[N+]([O-])[O-].[Cd+2]. The molecule has 0 saturated heterocycles. The van der Waals surface area contributed by atoms with Crippen LogP contribution >= 0.6 is 6.49 Å². The summed E-state index contributed by atoms with van der Waals surface area (Å²) in [5.74, 6) is 0. The predicted molar refractivity (Wildman–Crippen MR) is 140 cm³/mol. The number of rotatable bonds is 9. The summed E-state index contributed by atoms with van der Waals surface area (Å²) in [4.78, 5) is 37.6. The van der Waals surface area contributed by atoms with Crippen LogP contribution in [0.3, 0.4) is 0 Å². The summed E-state index contributed by atoms with van der Waals surface area (Å²) in [5.41, 5.74) is 2.05. The molecule has 0 spiro atoms. The van der Waals surface area contributed by atoms with Crippen molar-refractivity contribution in [3.63, 3.8) is 0 Å². The molecule has 0 aromatic carbocycles. The second-order valence-electron chi connectivity index (χ2n) is 6.14. The third-order valence-electron chi connectivity index (χ3n) is 3.76. The predicted octanol–water partition coefficient (Wildman–Crippen LogP) is -0.0275. The number of nitrogens with one attached hydrogen (secondary N) is 3. The minimum absolute atomic E-state index is 0. The molecule has 3 heterocycles. The maximum Gasteiger partial charge on any atom is 2.00 e. The van der Waals surface area contributed by atoms with Crippen LogP contribution in [0.4, 0.5) is 0 Å². The molecule has 3 rings (SSSR count). The molecule has 0 amide bonds. The molecule has 0 fully saturated rings. The largest absolute Gasteiger partial charge is 2.00 e. The van der Waals surface area contributed by atoms with Crippen LogP contribution in [0.15, 0.2) is 52.9 Å². The molecule has 0 aliphatic rings. The third kappa shape index (κ3) is 13.9. The average Bonchev–Trinajstić information content (AvgIpc) is 3.62. The smallest absolute Gasteiger partial charge is 0.412 e. The van der Waals surface area contributed by atoms with Gasteiger partial charge in [-0.2, -0.15) is 15.3 Å². The van der Waals surface area contributed by atoms with E-state index in [1.807, 2.05) is 0 Å². The summed E-state index contributed by atoms with van der Waals surface area (Å²) in [6.07, 6.45) is 14.8. The topological polar surface area (TPSA) is 297 Å². The maximum absolute atomic E-state index is 8.25. The van der Waals surface area contributed by atoms with Gasteiger partial charge in [-0.05, 0) is 11.8 Å². The Balaban J connectivity index is 0. The van der Waals surface area contributed by atoms with Gasteiger partial charge in [0.15, 0.2) is 0 Å². The van der Waals surface area contributed by atoms with Crippen LogP contribution in [0.25, 0.3) is 0 Å². The van der Waals surface area contributed by atoms with Gasteiger partial charge in [0, 0.05) is 39.7 Å². The summed E-state index contributed by atoms with van der Waals surface area (Å²) in [7, 11) is 5.35. The van der Waals surface area contributed by atoms with Gasteiger partial charge in [-0.1, -0.05) is 0 Å². The van der Waals surface area contributed by atoms with Crippen molar-refractivity contribution in [1.82, 2.24) is 44.2 Å². The monoisotopic (exact) mass is 688 g/mol. The molecule has 0 atom stereocenters. The van der Waals surface area contributed by atoms with Gasteiger partial charge < -0.3 is 51.1 Å². The quantitative estimate of drug-likeness (QED) is 0.0877. The third-order valence-corrected chi connectivity index (χ3v) is 8.46. The zero-order chi connectivity index (χ0) is 27.8. The summed E-state index contributed by atoms with van der Waals surface area (Å²) in [6, 6.07) is 0. The fourth-order valence-electron chi connectivity index (χ4n) is 2.22. The number of hydrogen-bond acceptors (Lipinski definition) is 13. The van der Waals surface area contributed by atoms with Crippen LogP contribution in [0, 0.1) is 30.6 Å². The maximum atomic E-state index is 8.25. The zero-order valence-electron chi connectivity index (χ0n) is 20.6. The molecular weight excluding hydrogens is 664 g/mol. The minimum Gasteiger partial charge on any atom is -0.412 e. The first kappa shape index (κ1) is 37.1. The van der Waals surface area contributed by atoms with Crippen molar-refractivity contribution in [2.24, 2.45) is 15.3 Å². The van der Waals surface area contributed by atoms with E-state index in [4.69, 9.17) is 42.4 Å². The molecule has 0 bridgehead atoms. The molecular formula is C15H23CdN14O7PS. The Labute approximate surface area is 245 Å². The second kappa shape index (κ2) is 19.1. The van der Waals surface area contributed by atoms with Crippen molar-refractivity contribution >= 4 is 36.9 Å². The van der Waals surface area contributed by atoms with Gasteiger partial charge >= 0.3 is 27.3 Å². The molecule has 3 aromatic heterocycles. The normalized spacial score (nSPS) is 10.4. The Kier molecular flexibility index (Phi) is 18.2. The molecule has 5 N–H and O–H groups in total. The Morgan fingerprint density at radius 2 is 0.974 bits per heavy atom. The van der Waals surface area contributed by atoms with Crippen LogP contribution in [-0.4, -0.2) is 99.7 Å². The molecule has 0 aliphatic heterocycles. The summed E-state index contributed by atoms with van der Waals surface area (Å²) >= 11 is 6.02. The van der Waals surface area contributed by atoms with Crippen molar-refractivity contribution in [2.75, 3.05) is 21.1 Å². The van der Waals surface area contributed by atoms with E-state index in [9.17, 15) is 0 Å². The van der Waals surface area contributed by atoms with E-state index in [1.54, 1.807) is 91.7 Å². The molecule has 39 heavy (non-hydrogen) atoms. The standard InChI is InChI=1S/C15H21N12PS.Cd.2NO3.H2O/c1-25(22-7-13-4-16-10-19-13)28(29,26(2)23-8-14-5-17-11-20-14)27(3)24-9-15-6-18-12-21-15;;2*2-1(3)4;/h4-12H,1-3H3,(H,16,19)(H,17,20)(H,18,21);;;;1H2/q;+2;2*-1;/b22-7+,23-8+,24-9+;;;;. The van der Waals surface area contributed by atoms with Crippen molar-refractivity contribution in [1.29, 1.82) is 0 Å². The molecule has 0 aliphatic carbocycles. The van der Waals surface area contributed by atoms with Gasteiger partial charge in [0.2, 0.25) is 0 Å². The fraction of sp³-hybridized carbons (Fsp3) is 0.200.